The Kier molecular flexibility index (Phi) is 5.53. The third kappa shape index (κ3) is 4.36. The van der Waals surface area contributed by atoms with Crippen molar-refractivity contribution >= 4 is 11.6 Å². The summed E-state index contributed by atoms with van der Waals surface area (Å²) in [6, 6.07) is 22.2. The van der Waals surface area contributed by atoms with E-state index < -0.39 is 6.10 Å². The number of hydrogen-bond acceptors (Lipinski definition) is 5. The van der Waals surface area contributed by atoms with Gasteiger partial charge in [-0.25, -0.2) is 0 Å². The molecule has 30 heavy (non-hydrogen) atoms. The van der Waals surface area contributed by atoms with E-state index in [2.05, 4.69) is 11.4 Å². The first kappa shape index (κ1) is 19.3. The average Bonchev–Trinajstić information content (AvgIpc) is 2.79. The van der Waals surface area contributed by atoms with Crippen LogP contribution >= 0.6 is 0 Å². The molecule has 1 aliphatic rings. The molecule has 3 aromatic rings. The molecule has 0 radical (unpaired) electrons. The van der Waals surface area contributed by atoms with Gasteiger partial charge < -0.3 is 19.5 Å². The van der Waals surface area contributed by atoms with Crippen molar-refractivity contribution in [2.75, 3.05) is 18.5 Å². The summed E-state index contributed by atoms with van der Waals surface area (Å²) in [6.45, 7) is 2.71. The van der Waals surface area contributed by atoms with Crippen molar-refractivity contribution in [2.45, 2.75) is 13.0 Å². The Morgan fingerprint density at radius 3 is 2.27 bits per heavy atom. The second-order valence-corrected chi connectivity index (χ2v) is 6.82. The molecule has 4 rings (SSSR count). The number of nitrogens with zero attached hydrogens (tertiary/aromatic N) is 1. The Bertz CT molecular complexity index is 1090. The van der Waals surface area contributed by atoms with Crippen LogP contribution in [0.15, 0.2) is 66.7 Å². The number of ether oxygens (including phenoxy) is 3. The summed E-state index contributed by atoms with van der Waals surface area (Å²) in [6.07, 6.45) is -0.682. The molecule has 1 N–H and O–H groups in total. The molecule has 1 atom stereocenters. The van der Waals surface area contributed by atoms with Crippen LogP contribution in [0, 0.1) is 11.3 Å². The zero-order valence-corrected chi connectivity index (χ0v) is 16.4. The molecule has 0 saturated heterocycles. The first-order valence-corrected chi connectivity index (χ1v) is 9.60. The lowest BCUT2D eigenvalue weighted by Gasteiger charge is -2.20. The lowest BCUT2D eigenvalue weighted by atomic mass is 10.0. The zero-order valence-electron chi connectivity index (χ0n) is 16.4. The topological polar surface area (TPSA) is 80.6 Å². The summed E-state index contributed by atoms with van der Waals surface area (Å²) in [4.78, 5) is 12.5. The maximum Gasteiger partial charge on any atom is 0.265 e. The largest absolute Gasteiger partial charge is 0.486 e. The molecule has 6 heteroatoms. The highest BCUT2D eigenvalue weighted by atomic mass is 16.6. The highest BCUT2D eigenvalue weighted by Crippen LogP contribution is 2.32. The number of benzene rings is 3. The van der Waals surface area contributed by atoms with Gasteiger partial charge in [-0.05, 0) is 54.4 Å². The van der Waals surface area contributed by atoms with Gasteiger partial charge in [0, 0.05) is 11.8 Å². The predicted molar refractivity (Wildman–Crippen MR) is 113 cm³/mol. The number of nitriles is 1. The first-order chi connectivity index (χ1) is 14.6. The van der Waals surface area contributed by atoms with Crippen LogP contribution in [0.3, 0.4) is 0 Å². The molecule has 1 amide bonds. The van der Waals surface area contributed by atoms with Crippen molar-refractivity contribution in [3.8, 4) is 34.4 Å². The molecule has 0 fully saturated rings. The lowest BCUT2D eigenvalue weighted by Crippen LogP contribution is -2.30. The van der Waals surface area contributed by atoms with E-state index in [1.165, 1.54) is 0 Å². The van der Waals surface area contributed by atoms with E-state index in [4.69, 9.17) is 19.5 Å². The average molecular weight is 400 g/mol. The Labute approximate surface area is 174 Å². The van der Waals surface area contributed by atoms with E-state index in [1.807, 2.05) is 36.4 Å². The van der Waals surface area contributed by atoms with Crippen molar-refractivity contribution in [3.05, 3.63) is 72.3 Å². The molecule has 0 spiro atoms. The number of rotatable bonds is 5. The SMILES string of the molecule is CC(Oc1ccc(-c2ccc(C#N)cc2)cc1)C(=O)Nc1ccc2c(c1)OCCO2. The Morgan fingerprint density at radius 1 is 0.967 bits per heavy atom. The number of anilines is 1. The number of hydrogen-bond donors (Lipinski definition) is 1. The van der Waals surface area contributed by atoms with Crippen LogP contribution in [0.4, 0.5) is 5.69 Å². The maximum absolute atomic E-state index is 12.5. The molecule has 0 aromatic heterocycles. The molecule has 150 valence electrons. The number of amides is 1. The maximum atomic E-state index is 12.5. The second kappa shape index (κ2) is 8.58. The van der Waals surface area contributed by atoms with Gasteiger partial charge in [0.05, 0.1) is 11.6 Å². The fourth-order valence-electron chi connectivity index (χ4n) is 3.09. The Hall–Kier alpha value is -3.98. The van der Waals surface area contributed by atoms with Crippen molar-refractivity contribution in [2.24, 2.45) is 0 Å². The molecule has 0 saturated carbocycles. The Balaban J connectivity index is 1.37. The molecular formula is C24H20N2O4. The zero-order chi connectivity index (χ0) is 20.9. The van der Waals surface area contributed by atoms with Crippen LogP contribution in [0.2, 0.25) is 0 Å². The minimum Gasteiger partial charge on any atom is -0.486 e. The fraction of sp³-hybridized carbons (Fsp3) is 0.167. The number of nitrogens with one attached hydrogen (secondary N) is 1. The molecular weight excluding hydrogens is 380 g/mol. The number of fused-ring (bicyclic) bond motifs is 1. The van der Waals surface area contributed by atoms with Crippen LogP contribution < -0.4 is 19.5 Å². The first-order valence-electron chi connectivity index (χ1n) is 9.60. The third-order valence-electron chi connectivity index (χ3n) is 4.69. The van der Waals surface area contributed by atoms with Crippen LogP contribution in [0.5, 0.6) is 17.2 Å². The highest BCUT2D eigenvalue weighted by molar-refractivity contribution is 5.94. The van der Waals surface area contributed by atoms with Gasteiger partial charge in [-0.15, -0.1) is 0 Å². The third-order valence-corrected chi connectivity index (χ3v) is 4.69. The fourth-order valence-corrected chi connectivity index (χ4v) is 3.09. The molecule has 6 nitrogen and oxygen atoms in total. The van der Waals surface area contributed by atoms with Gasteiger partial charge in [-0.3, -0.25) is 4.79 Å². The van der Waals surface area contributed by atoms with Crippen molar-refractivity contribution in [3.63, 3.8) is 0 Å². The normalized spacial score (nSPS) is 13.1. The minimum absolute atomic E-state index is 0.261. The second-order valence-electron chi connectivity index (χ2n) is 6.82. The monoisotopic (exact) mass is 400 g/mol. The Morgan fingerprint density at radius 2 is 1.60 bits per heavy atom. The molecule has 3 aromatic carbocycles. The quantitative estimate of drug-likeness (QED) is 0.686. The van der Waals surface area contributed by atoms with Crippen molar-refractivity contribution in [1.82, 2.24) is 0 Å². The summed E-state index contributed by atoms with van der Waals surface area (Å²) in [7, 11) is 0. The molecule has 0 bridgehead atoms. The van der Waals surface area contributed by atoms with Crippen molar-refractivity contribution in [1.29, 1.82) is 5.26 Å². The molecule has 1 aliphatic heterocycles. The number of carbonyl (C=O) groups excluding carboxylic acids is 1. The number of carbonyl (C=O) groups is 1. The summed E-state index contributed by atoms with van der Waals surface area (Å²) >= 11 is 0. The van der Waals surface area contributed by atoms with Crippen molar-refractivity contribution < 1.29 is 19.0 Å². The molecule has 0 aliphatic carbocycles. The lowest BCUT2D eigenvalue weighted by molar-refractivity contribution is -0.122. The van der Waals surface area contributed by atoms with Gasteiger partial charge in [0.15, 0.2) is 17.6 Å². The van der Waals surface area contributed by atoms with E-state index in [-0.39, 0.29) is 5.91 Å². The standard InChI is InChI=1S/C24H20N2O4/c1-16(24(27)26-20-8-11-22-23(14-20)29-13-12-28-22)30-21-9-6-19(7-10-21)18-4-2-17(15-25)3-5-18/h2-11,14,16H,12-13H2,1H3,(H,26,27). The highest BCUT2D eigenvalue weighted by Gasteiger charge is 2.17. The summed E-state index contributed by atoms with van der Waals surface area (Å²) in [5, 5.41) is 11.7. The van der Waals surface area contributed by atoms with Gasteiger partial charge in [0.2, 0.25) is 0 Å². The van der Waals surface area contributed by atoms with E-state index in [0.717, 1.165) is 11.1 Å². The van der Waals surface area contributed by atoms with Crippen LogP contribution in [-0.4, -0.2) is 25.2 Å². The van der Waals surface area contributed by atoms with Gasteiger partial charge in [-0.1, -0.05) is 24.3 Å². The van der Waals surface area contributed by atoms with E-state index in [9.17, 15) is 4.79 Å². The van der Waals surface area contributed by atoms with E-state index in [1.54, 1.807) is 37.3 Å². The summed E-state index contributed by atoms with van der Waals surface area (Å²) in [5.74, 6) is 1.62. The smallest absolute Gasteiger partial charge is 0.265 e. The summed E-state index contributed by atoms with van der Waals surface area (Å²) < 4.78 is 16.8. The molecule has 1 unspecified atom stereocenters. The molecule has 1 heterocycles. The van der Waals surface area contributed by atoms with Crippen LogP contribution in [-0.2, 0) is 4.79 Å². The van der Waals surface area contributed by atoms with Crippen LogP contribution in [0.25, 0.3) is 11.1 Å². The minimum atomic E-state index is -0.682. The van der Waals surface area contributed by atoms with Gasteiger partial charge in [0.25, 0.3) is 5.91 Å². The predicted octanol–water partition coefficient (Wildman–Crippen LogP) is 4.40. The van der Waals surface area contributed by atoms with Gasteiger partial charge in [0.1, 0.15) is 19.0 Å². The van der Waals surface area contributed by atoms with Crippen LogP contribution in [0.1, 0.15) is 12.5 Å². The summed E-state index contributed by atoms with van der Waals surface area (Å²) in [5.41, 5.74) is 3.25. The van der Waals surface area contributed by atoms with Gasteiger partial charge in [-0.2, -0.15) is 5.26 Å². The van der Waals surface area contributed by atoms with E-state index in [0.29, 0.717) is 41.7 Å². The van der Waals surface area contributed by atoms with Gasteiger partial charge >= 0.3 is 0 Å². The van der Waals surface area contributed by atoms with E-state index >= 15 is 0 Å².